The van der Waals surface area contributed by atoms with Gasteiger partial charge in [-0.05, 0) is 31.0 Å². The van der Waals surface area contributed by atoms with Crippen LogP contribution in [-0.2, 0) is 18.4 Å². The molecule has 1 aliphatic rings. The molecule has 2 heterocycles. The number of fused-ring (bicyclic) bond motifs is 1. The monoisotopic (exact) mass is 355 g/mol. The smallest absolute Gasteiger partial charge is 0.241 e. The summed E-state index contributed by atoms with van der Waals surface area (Å²) in [4.78, 5) is 17.0. The summed E-state index contributed by atoms with van der Waals surface area (Å²) in [5, 5.41) is 8.27. The van der Waals surface area contributed by atoms with E-state index in [1.54, 1.807) is 0 Å². The van der Waals surface area contributed by atoms with Crippen LogP contribution >= 0.6 is 0 Å². The maximum absolute atomic E-state index is 13.0. The molecule has 0 bridgehead atoms. The van der Waals surface area contributed by atoms with Gasteiger partial charge in [0.25, 0.3) is 0 Å². The second-order valence-electron chi connectivity index (χ2n) is 8.38. The van der Waals surface area contributed by atoms with Gasteiger partial charge < -0.3 is 9.47 Å². The van der Waals surface area contributed by atoms with Gasteiger partial charge in [-0.1, -0.05) is 39.0 Å². The number of carbonyl (C=O) groups is 1. The molecule has 0 N–H and O–H groups in total. The molecule has 0 saturated heterocycles. The molecule has 0 saturated carbocycles. The molecular formula is C20H29N5O. The van der Waals surface area contributed by atoms with Crippen LogP contribution in [0.3, 0.4) is 0 Å². The summed E-state index contributed by atoms with van der Waals surface area (Å²) in [6.45, 7) is 10.4. The van der Waals surface area contributed by atoms with E-state index < -0.39 is 0 Å². The standard InChI is InChI=1S/C20H29N5O/c1-14-21-22-18(24(14)6)12-23(5)13-19(26)25-11-16(20(2,3)4)15-9-7-8-10-17(15)25/h7-10,16H,11-13H2,1-6H3. The Balaban J connectivity index is 1.73. The third kappa shape index (κ3) is 3.51. The van der Waals surface area contributed by atoms with Crippen molar-refractivity contribution in [3.63, 3.8) is 0 Å². The number of aromatic nitrogens is 3. The minimum atomic E-state index is 0.118. The van der Waals surface area contributed by atoms with E-state index in [1.807, 2.05) is 41.5 Å². The molecule has 3 rings (SSSR count). The second kappa shape index (κ2) is 6.83. The highest BCUT2D eigenvalue weighted by Crippen LogP contribution is 2.45. The van der Waals surface area contributed by atoms with Gasteiger partial charge in [-0.25, -0.2) is 0 Å². The zero-order chi connectivity index (χ0) is 19.1. The molecule has 1 aromatic carbocycles. The zero-order valence-electron chi connectivity index (χ0n) is 16.7. The Morgan fingerprint density at radius 2 is 1.96 bits per heavy atom. The van der Waals surface area contributed by atoms with E-state index in [0.717, 1.165) is 23.9 Å². The number of carbonyl (C=O) groups excluding carboxylic acids is 1. The topological polar surface area (TPSA) is 54.3 Å². The van der Waals surface area contributed by atoms with Crippen molar-refractivity contribution in [3.8, 4) is 0 Å². The summed E-state index contributed by atoms with van der Waals surface area (Å²) in [6.07, 6.45) is 0. The lowest BCUT2D eigenvalue weighted by molar-refractivity contribution is -0.119. The van der Waals surface area contributed by atoms with Crippen molar-refractivity contribution in [3.05, 3.63) is 41.5 Å². The van der Waals surface area contributed by atoms with E-state index in [4.69, 9.17) is 0 Å². The lowest BCUT2D eigenvalue weighted by Gasteiger charge is -2.28. The van der Waals surface area contributed by atoms with Crippen molar-refractivity contribution in [1.29, 1.82) is 0 Å². The van der Waals surface area contributed by atoms with E-state index in [1.165, 1.54) is 5.56 Å². The number of anilines is 1. The molecule has 1 aromatic heterocycles. The van der Waals surface area contributed by atoms with Crippen LogP contribution in [0.2, 0.25) is 0 Å². The van der Waals surface area contributed by atoms with Gasteiger partial charge in [0.15, 0.2) is 0 Å². The number of hydrogen-bond acceptors (Lipinski definition) is 4. The first-order valence-corrected chi connectivity index (χ1v) is 9.11. The van der Waals surface area contributed by atoms with Gasteiger partial charge in [0.05, 0.1) is 13.1 Å². The van der Waals surface area contributed by atoms with Crippen molar-refractivity contribution in [2.75, 3.05) is 25.0 Å². The Morgan fingerprint density at radius 3 is 2.58 bits per heavy atom. The second-order valence-corrected chi connectivity index (χ2v) is 8.38. The fourth-order valence-corrected chi connectivity index (χ4v) is 3.59. The highest BCUT2D eigenvalue weighted by Gasteiger charge is 2.38. The minimum Gasteiger partial charge on any atom is -0.317 e. The zero-order valence-corrected chi connectivity index (χ0v) is 16.7. The molecule has 26 heavy (non-hydrogen) atoms. The predicted molar refractivity (Wildman–Crippen MR) is 103 cm³/mol. The third-order valence-electron chi connectivity index (χ3n) is 5.31. The van der Waals surface area contributed by atoms with E-state index in [-0.39, 0.29) is 11.3 Å². The first-order valence-electron chi connectivity index (χ1n) is 9.11. The molecule has 0 fully saturated rings. The van der Waals surface area contributed by atoms with E-state index in [9.17, 15) is 4.79 Å². The van der Waals surface area contributed by atoms with Crippen LogP contribution in [0.5, 0.6) is 0 Å². The van der Waals surface area contributed by atoms with Crippen LogP contribution in [0.4, 0.5) is 5.69 Å². The molecule has 6 nitrogen and oxygen atoms in total. The average Bonchev–Trinajstić information content (AvgIpc) is 3.10. The fourth-order valence-electron chi connectivity index (χ4n) is 3.59. The molecule has 0 radical (unpaired) electrons. The Labute approximate surface area is 155 Å². The Morgan fingerprint density at radius 1 is 1.27 bits per heavy atom. The summed E-state index contributed by atoms with van der Waals surface area (Å²) >= 11 is 0. The SMILES string of the molecule is Cc1nnc(CN(C)CC(=O)N2CC(C(C)(C)C)c3ccccc32)n1C. The van der Waals surface area contributed by atoms with Gasteiger partial charge in [0, 0.05) is 25.2 Å². The maximum Gasteiger partial charge on any atom is 0.241 e. The molecule has 1 amide bonds. The van der Waals surface area contributed by atoms with E-state index in [2.05, 4.69) is 49.2 Å². The van der Waals surface area contributed by atoms with Gasteiger partial charge >= 0.3 is 0 Å². The van der Waals surface area contributed by atoms with Crippen LogP contribution in [-0.4, -0.2) is 45.7 Å². The van der Waals surface area contributed by atoms with Gasteiger partial charge in [-0.15, -0.1) is 10.2 Å². The van der Waals surface area contributed by atoms with E-state index in [0.29, 0.717) is 19.0 Å². The maximum atomic E-state index is 13.0. The lowest BCUT2D eigenvalue weighted by atomic mass is 9.78. The van der Waals surface area contributed by atoms with E-state index >= 15 is 0 Å². The lowest BCUT2D eigenvalue weighted by Crippen LogP contribution is -2.39. The normalized spacial score (nSPS) is 17.0. The Hall–Kier alpha value is -2.21. The van der Waals surface area contributed by atoms with Gasteiger partial charge in [-0.2, -0.15) is 0 Å². The van der Waals surface area contributed by atoms with Crippen molar-refractivity contribution in [1.82, 2.24) is 19.7 Å². The highest BCUT2D eigenvalue weighted by molar-refractivity contribution is 5.97. The number of para-hydroxylation sites is 1. The quantitative estimate of drug-likeness (QED) is 0.846. The number of aryl methyl sites for hydroxylation is 1. The summed E-state index contributed by atoms with van der Waals surface area (Å²) in [7, 11) is 3.90. The molecule has 0 spiro atoms. The summed E-state index contributed by atoms with van der Waals surface area (Å²) < 4.78 is 1.96. The first kappa shape index (κ1) is 18.6. The van der Waals surface area contributed by atoms with Crippen molar-refractivity contribution >= 4 is 11.6 Å². The first-order chi connectivity index (χ1) is 12.2. The number of benzene rings is 1. The molecule has 1 atom stereocenters. The molecule has 1 aliphatic heterocycles. The Bertz CT molecular complexity index is 805. The number of nitrogens with zero attached hydrogens (tertiary/aromatic N) is 5. The molecule has 140 valence electrons. The average molecular weight is 355 g/mol. The summed E-state index contributed by atoms with van der Waals surface area (Å²) in [5.74, 6) is 2.23. The van der Waals surface area contributed by atoms with Gasteiger partial charge in [-0.3, -0.25) is 9.69 Å². The summed E-state index contributed by atoms with van der Waals surface area (Å²) in [5.41, 5.74) is 2.45. The van der Waals surface area contributed by atoms with Crippen LogP contribution in [0.1, 0.15) is 43.9 Å². The fraction of sp³-hybridized carbons (Fsp3) is 0.550. The van der Waals surface area contributed by atoms with Crippen LogP contribution in [0, 0.1) is 12.3 Å². The summed E-state index contributed by atoms with van der Waals surface area (Å²) in [6, 6.07) is 8.29. The third-order valence-corrected chi connectivity index (χ3v) is 5.31. The largest absolute Gasteiger partial charge is 0.317 e. The molecular weight excluding hydrogens is 326 g/mol. The predicted octanol–water partition coefficient (Wildman–Crippen LogP) is 2.73. The molecule has 0 aliphatic carbocycles. The number of hydrogen-bond donors (Lipinski definition) is 0. The Kier molecular flexibility index (Phi) is 4.88. The van der Waals surface area contributed by atoms with Crippen LogP contribution in [0.25, 0.3) is 0 Å². The molecule has 6 heteroatoms. The highest BCUT2D eigenvalue weighted by atomic mass is 16.2. The van der Waals surface area contributed by atoms with Crippen molar-refractivity contribution < 1.29 is 4.79 Å². The van der Waals surface area contributed by atoms with Gasteiger partial charge in [0.1, 0.15) is 11.6 Å². The molecule has 2 aromatic rings. The number of likely N-dealkylation sites (N-methyl/N-ethyl adjacent to an activating group) is 1. The van der Waals surface area contributed by atoms with Gasteiger partial charge in [0.2, 0.25) is 5.91 Å². The van der Waals surface area contributed by atoms with Crippen molar-refractivity contribution in [2.45, 2.75) is 40.2 Å². The van der Waals surface area contributed by atoms with Crippen molar-refractivity contribution in [2.24, 2.45) is 12.5 Å². The minimum absolute atomic E-state index is 0.118. The molecule has 1 unspecified atom stereocenters. The number of rotatable bonds is 4. The number of amides is 1. The van der Waals surface area contributed by atoms with Crippen LogP contribution in [0.15, 0.2) is 24.3 Å². The van der Waals surface area contributed by atoms with Crippen LogP contribution < -0.4 is 4.90 Å².